The van der Waals surface area contributed by atoms with E-state index in [0.29, 0.717) is 18.9 Å². The van der Waals surface area contributed by atoms with E-state index >= 15 is 0 Å². The number of H-pyrrole nitrogens is 1. The molecule has 1 aliphatic rings. The van der Waals surface area contributed by atoms with E-state index in [1.807, 2.05) is 6.07 Å². The number of nitrogens with one attached hydrogen (secondary N) is 1. The van der Waals surface area contributed by atoms with E-state index in [-0.39, 0.29) is 7.40 Å². The number of para-hydroxylation sites is 1. The highest BCUT2D eigenvalue weighted by Gasteiger charge is 2.20. The Balaban J connectivity index is 0.00000120. The van der Waals surface area contributed by atoms with Crippen LogP contribution < -0.4 is 0 Å². The van der Waals surface area contributed by atoms with E-state index in [1.165, 1.54) is 16.5 Å². The Morgan fingerprint density at radius 3 is 3.12 bits per heavy atom. The van der Waals surface area contributed by atoms with Crippen molar-refractivity contribution in [2.75, 3.05) is 6.61 Å². The van der Waals surface area contributed by atoms with Crippen molar-refractivity contribution in [3.63, 3.8) is 0 Å². The smallest absolute Gasteiger partial charge is 0.305 e. The standard InChI is InChI=1S/C14H15NO2.H2/c16-14-6-5-10(9-17-14)7-11-8-15-13-4-2-1-3-12(11)13;/h1-4,8,10,15H,5-7,9H2;1H/t10-;/m0./s1. The van der Waals surface area contributed by atoms with Crippen molar-refractivity contribution in [1.82, 2.24) is 4.98 Å². The molecule has 0 bridgehead atoms. The Morgan fingerprint density at radius 2 is 2.29 bits per heavy atom. The van der Waals surface area contributed by atoms with E-state index in [2.05, 4.69) is 29.4 Å². The Morgan fingerprint density at radius 1 is 1.41 bits per heavy atom. The molecule has 0 radical (unpaired) electrons. The van der Waals surface area contributed by atoms with Crippen LogP contribution >= 0.6 is 0 Å². The van der Waals surface area contributed by atoms with Gasteiger partial charge in [-0.15, -0.1) is 0 Å². The third kappa shape index (κ3) is 2.05. The first-order chi connectivity index (χ1) is 8.33. The van der Waals surface area contributed by atoms with Crippen LogP contribution in [0, 0.1) is 5.92 Å². The van der Waals surface area contributed by atoms with Crippen molar-refractivity contribution in [3.8, 4) is 0 Å². The maximum absolute atomic E-state index is 11.0. The molecule has 90 valence electrons. The summed E-state index contributed by atoms with van der Waals surface area (Å²) in [6.45, 7) is 0.568. The van der Waals surface area contributed by atoms with Gasteiger partial charge < -0.3 is 9.72 Å². The fourth-order valence-corrected chi connectivity index (χ4v) is 2.46. The average molecular weight is 231 g/mol. The molecule has 0 saturated carbocycles. The fraction of sp³-hybridized carbons (Fsp3) is 0.357. The van der Waals surface area contributed by atoms with E-state index in [4.69, 9.17) is 4.74 Å². The number of aromatic nitrogens is 1. The molecule has 1 N–H and O–H groups in total. The number of benzene rings is 1. The highest BCUT2D eigenvalue weighted by molar-refractivity contribution is 5.83. The number of aromatic amines is 1. The van der Waals surface area contributed by atoms with Gasteiger partial charge in [-0.1, -0.05) is 18.2 Å². The molecule has 1 saturated heterocycles. The molecule has 17 heavy (non-hydrogen) atoms. The quantitative estimate of drug-likeness (QED) is 0.807. The minimum atomic E-state index is -0.0554. The Bertz CT molecular complexity index is 539. The predicted octanol–water partition coefficient (Wildman–Crippen LogP) is 2.91. The number of fused-ring (bicyclic) bond motifs is 1. The van der Waals surface area contributed by atoms with Crippen LogP contribution in [-0.2, 0) is 16.0 Å². The summed E-state index contributed by atoms with van der Waals surface area (Å²) in [6, 6.07) is 8.31. The first kappa shape index (κ1) is 10.4. The third-order valence-electron chi connectivity index (χ3n) is 3.42. The summed E-state index contributed by atoms with van der Waals surface area (Å²) in [5, 5.41) is 1.28. The number of cyclic esters (lactones) is 1. The van der Waals surface area contributed by atoms with Crippen molar-refractivity contribution in [2.24, 2.45) is 5.92 Å². The summed E-state index contributed by atoms with van der Waals surface area (Å²) in [5.41, 5.74) is 2.50. The van der Waals surface area contributed by atoms with Gasteiger partial charge >= 0.3 is 5.97 Å². The Kier molecular flexibility index (Phi) is 2.59. The molecule has 0 spiro atoms. The molecule has 2 heterocycles. The van der Waals surface area contributed by atoms with Crippen LogP contribution in [0.1, 0.15) is 19.8 Å². The van der Waals surface area contributed by atoms with Crippen LogP contribution in [0.4, 0.5) is 0 Å². The van der Waals surface area contributed by atoms with Gasteiger partial charge in [0.25, 0.3) is 0 Å². The van der Waals surface area contributed by atoms with Crippen LogP contribution in [0.15, 0.2) is 30.5 Å². The summed E-state index contributed by atoms with van der Waals surface area (Å²) in [5.74, 6) is 0.409. The first-order valence-corrected chi connectivity index (χ1v) is 6.03. The zero-order valence-electron chi connectivity index (χ0n) is 9.61. The van der Waals surface area contributed by atoms with Crippen LogP contribution in [-0.4, -0.2) is 17.6 Å². The summed E-state index contributed by atoms with van der Waals surface area (Å²) >= 11 is 0. The van der Waals surface area contributed by atoms with Gasteiger partial charge in [0.1, 0.15) is 0 Å². The molecule has 0 amide bonds. The van der Waals surface area contributed by atoms with Crippen molar-refractivity contribution in [2.45, 2.75) is 19.3 Å². The topological polar surface area (TPSA) is 42.1 Å². The van der Waals surface area contributed by atoms with E-state index in [0.717, 1.165) is 12.8 Å². The molecule has 1 fully saturated rings. The highest BCUT2D eigenvalue weighted by Crippen LogP contribution is 2.24. The molecule has 0 aliphatic carbocycles. The Hall–Kier alpha value is -1.77. The lowest BCUT2D eigenvalue weighted by Crippen LogP contribution is -2.23. The van der Waals surface area contributed by atoms with Crippen LogP contribution in [0.3, 0.4) is 0 Å². The van der Waals surface area contributed by atoms with Gasteiger partial charge in [0.2, 0.25) is 0 Å². The van der Waals surface area contributed by atoms with Crippen LogP contribution in [0.25, 0.3) is 10.9 Å². The minimum absolute atomic E-state index is 0. The molecule has 0 unspecified atom stereocenters. The summed E-state index contributed by atoms with van der Waals surface area (Å²) in [4.78, 5) is 14.3. The first-order valence-electron chi connectivity index (χ1n) is 6.03. The van der Waals surface area contributed by atoms with Crippen LogP contribution in [0.2, 0.25) is 0 Å². The van der Waals surface area contributed by atoms with Crippen LogP contribution in [0.5, 0.6) is 0 Å². The summed E-state index contributed by atoms with van der Waals surface area (Å²) < 4.78 is 5.10. The van der Waals surface area contributed by atoms with Gasteiger partial charge in [0.05, 0.1) is 6.61 Å². The minimum Gasteiger partial charge on any atom is -0.465 e. The average Bonchev–Trinajstić information content (AvgIpc) is 2.76. The molecule has 3 heteroatoms. The van der Waals surface area contributed by atoms with Crippen molar-refractivity contribution in [1.29, 1.82) is 0 Å². The molecular formula is C14H17NO2. The van der Waals surface area contributed by atoms with Gasteiger partial charge in [-0.25, -0.2) is 0 Å². The molecule has 1 atom stereocenters. The van der Waals surface area contributed by atoms with Crippen molar-refractivity contribution in [3.05, 3.63) is 36.0 Å². The van der Waals surface area contributed by atoms with E-state index in [9.17, 15) is 4.79 Å². The number of esters is 1. The number of ether oxygens (including phenoxy) is 1. The zero-order chi connectivity index (χ0) is 11.7. The highest BCUT2D eigenvalue weighted by atomic mass is 16.5. The molecule has 3 rings (SSSR count). The van der Waals surface area contributed by atoms with Gasteiger partial charge in [-0.3, -0.25) is 4.79 Å². The number of hydrogen-bond donors (Lipinski definition) is 1. The molecule has 3 nitrogen and oxygen atoms in total. The molecule has 1 aromatic carbocycles. The second kappa shape index (κ2) is 4.24. The van der Waals surface area contributed by atoms with Crippen molar-refractivity contribution < 1.29 is 11.0 Å². The number of rotatable bonds is 2. The second-order valence-electron chi connectivity index (χ2n) is 4.65. The number of carbonyl (C=O) groups is 1. The lowest BCUT2D eigenvalue weighted by atomic mass is 9.94. The van der Waals surface area contributed by atoms with Gasteiger partial charge in [0, 0.05) is 24.9 Å². The second-order valence-corrected chi connectivity index (χ2v) is 4.65. The SMILES string of the molecule is O=C1CC[C@@H](Cc2c[nH]c3ccccc23)CO1.[HH]. The van der Waals surface area contributed by atoms with Gasteiger partial charge in [0.15, 0.2) is 0 Å². The molecule has 1 aromatic heterocycles. The van der Waals surface area contributed by atoms with E-state index < -0.39 is 0 Å². The van der Waals surface area contributed by atoms with E-state index in [1.54, 1.807) is 0 Å². The van der Waals surface area contributed by atoms with Gasteiger partial charge in [-0.2, -0.15) is 0 Å². The number of hydrogen-bond acceptors (Lipinski definition) is 2. The molecular weight excluding hydrogens is 214 g/mol. The monoisotopic (exact) mass is 231 g/mol. The number of carbonyl (C=O) groups excluding carboxylic acids is 1. The lowest BCUT2D eigenvalue weighted by molar-refractivity contribution is -0.149. The lowest BCUT2D eigenvalue weighted by Gasteiger charge is -2.21. The third-order valence-corrected chi connectivity index (χ3v) is 3.42. The maximum Gasteiger partial charge on any atom is 0.305 e. The Labute approximate surface area is 101 Å². The predicted molar refractivity (Wildman–Crippen MR) is 67.8 cm³/mol. The largest absolute Gasteiger partial charge is 0.465 e. The molecule has 2 aromatic rings. The fourth-order valence-electron chi connectivity index (χ4n) is 2.46. The zero-order valence-corrected chi connectivity index (χ0v) is 9.61. The normalized spacial score (nSPS) is 20.5. The maximum atomic E-state index is 11.0. The van der Waals surface area contributed by atoms with Gasteiger partial charge in [-0.05, 0) is 30.4 Å². The summed E-state index contributed by atoms with van der Waals surface area (Å²) in [6.07, 6.45) is 4.56. The molecule has 1 aliphatic heterocycles. The summed E-state index contributed by atoms with van der Waals surface area (Å²) in [7, 11) is 0. The van der Waals surface area contributed by atoms with Crippen molar-refractivity contribution >= 4 is 16.9 Å².